The molecule has 2 atom stereocenters. The summed E-state index contributed by atoms with van der Waals surface area (Å²) in [6.07, 6.45) is -0.278. The summed E-state index contributed by atoms with van der Waals surface area (Å²) in [5.74, 6) is -0.604. The molecule has 0 aromatic heterocycles. The molecule has 0 spiro atoms. The van der Waals surface area contributed by atoms with Crippen LogP contribution in [0.2, 0.25) is 0 Å². The van der Waals surface area contributed by atoms with Gasteiger partial charge in [-0.25, -0.2) is 0 Å². The zero-order chi connectivity index (χ0) is 17.0. The molecule has 1 fully saturated rings. The number of hydroxylamine groups is 2. The molecule has 0 saturated carbocycles. The Kier molecular flexibility index (Phi) is 5.89. The maximum Gasteiger partial charge on any atom is 0.350 e. The van der Waals surface area contributed by atoms with E-state index in [2.05, 4.69) is 0 Å². The molecular formula is C14H21N2O6P. The van der Waals surface area contributed by atoms with Crippen LogP contribution in [-0.2, 0) is 18.5 Å². The Bertz CT molecular complexity index is 601. The number of benzene rings is 1. The van der Waals surface area contributed by atoms with E-state index < -0.39 is 24.4 Å². The van der Waals surface area contributed by atoms with Crippen molar-refractivity contribution in [2.75, 3.05) is 20.3 Å². The van der Waals surface area contributed by atoms with Crippen LogP contribution in [0, 0.1) is 10.1 Å². The first kappa shape index (κ1) is 18.0. The monoisotopic (exact) mass is 344 g/mol. The van der Waals surface area contributed by atoms with E-state index in [9.17, 15) is 14.7 Å². The van der Waals surface area contributed by atoms with E-state index in [0.29, 0.717) is 12.0 Å². The topological polar surface area (TPSA) is 91.1 Å². The number of nitro benzene ring substituents is 1. The van der Waals surface area contributed by atoms with Gasteiger partial charge in [0.1, 0.15) is 11.9 Å². The molecule has 0 unspecified atom stereocenters. The smallest absolute Gasteiger partial charge is 0.308 e. The van der Waals surface area contributed by atoms with Gasteiger partial charge >= 0.3 is 7.60 Å². The van der Waals surface area contributed by atoms with E-state index >= 15 is 0 Å². The molecule has 0 radical (unpaired) electrons. The number of para-hydroxylation sites is 1. The summed E-state index contributed by atoms with van der Waals surface area (Å²) in [5, 5.41) is 12.6. The Hall–Kier alpha value is -1.31. The fourth-order valence-electron chi connectivity index (χ4n) is 2.66. The molecule has 1 aromatic rings. The van der Waals surface area contributed by atoms with Crippen molar-refractivity contribution in [1.82, 2.24) is 5.06 Å². The molecule has 8 nitrogen and oxygen atoms in total. The fourth-order valence-corrected chi connectivity index (χ4v) is 4.70. The van der Waals surface area contributed by atoms with Crippen molar-refractivity contribution in [1.29, 1.82) is 0 Å². The number of nitrogens with zero attached hydrogens (tertiary/aromatic N) is 2. The molecule has 9 heteroatoms. The first-order chi connectivity index (χ1) is 10.9. The molecule has 0 bridgehead atoms. The molecule has 128 valence electrons. The second-order valence-corrected chi connectivity index (χ2v) is 7.24. The largest absolute Gasteiger partial charge is 0.350 e. The minimum Gasteiger partial charge on any atom is -0.308 e. The SMILES string of the molecule is CCOP(=O)(OCC)[C@H]1C[C@H](c2ccccc2[N+](=O)[O-])ON1C. The van der Waals surface area contributed by atoms with Gasteiger partial charge in [0.05, 0.1) is 23.7 Å². The summed E-state index contributed by atoms with van der Waals surface area (Å²) in [6.45, 7) is 3.97. The van der Waals surface area contributed by atoms with Gasteiger partial charge in [0.15, 0.2) is 0 Å². The number of hydrogen-bond donors (Lipinski definition) is 0. The minimum atomic E-state index is -3.39. The van der Waals surface area contributed by atoms with E-state index in [1.54, 1.807) is 39.1 Å². The quantitative estimate of drug-likeness (QED) is 0.425. The Morgan fingerprint density at radius 1 is 1.35 bits per heavy atom. The average molecular weight is 344 g/mol. The predicted octanol–water partition coefficient (Wildman–Crippen LogP) is 3.50. The van der Waals surface area contributed by atoms with Gasteiger partial charge in [0, 0.05) is 19.5 Å². The third kappa shape index (κ3) is 3.79. The van der Waals surface area contributed by atoms with Crippen LogP contribution in [0.3, 0.4) is 0 Å². The number of rotatable bonds is 7. The summed E-state index contributed by atoms with van der Waals surface area (Å²) < 4.78 is 23.6. The molecular weight excluding hydrogens is 323 g/mol. The third-order valence-corrected chi connectivity index (χ3v) is 6.10. The summed E-state index contributed by atoms with van der Waals surface area (Å²) in [6, 6.07) is 6.38. The van der Waals surface area contributed by atoms with Crippen LogP contribution in [0.5, 0.6) is 0 Å². The summed E-state index contributed by atoms with van der Waals surface area (Å²) in [5.41, 5.74) is 0.431. The van der Waals surface area contributed by atoms with Crippen molar-refractivity contribution in [3.8, 4) is 0 Å². The second kappa shape index (κ2) is 7.51. The standard InChI is InChI=1S/C14H21N2O6P/c1-4-20-23(19,21-5-2)14-10-13(22-15(14)3)11-8-6-7-9-12(11)16(17)18/h6-9,13-14H,4-5,10H2,1-3H3/t13-,14+/m1/s1. The van der Waals surface area contributed by atoms with Crippen molar-refractivity contribution in [3.63, 3.8) is 0 Å². The van der Waals surface area contributed by atoms with Crippen molar-refractivity contribution in [3.05, 3.63) is 39.9 Å². The molecule has 0 aliphatic carbocycles. The highest BCUT2D eigenvalue weighted by Crippen LogP contribution is 2.59. The Balaban J connectivity index is 2.28. The average Bonchev–Trinajstić information content (AvgIpc) is 2.90. The molecule has 1 aliphatic heterocycles. The van der Waals surface area contributed by atoms with Gasteiger partial charge in [-0.1, -0.05) is 12.1 Å². The van der Waals surface area contributed by atoms with E-state index in [4.69, 9.17) is 13.9 Å². The molecule has 1 saturated heterocycles. The van der Waals surface area contributed by atoms with Gasteiger partial charge in [-0.15, -0.1) is 0 Å². The van der Waals surface area contributed by atoms with Gasteiger partial charge in [-0.3, -0.25) is 19.5 Å². The van der Waals surface area contributed by atoms with Crippen LogP contribution in [0.25, 0.3) is 0 Å². The fraction of sp³-hybridized carbons (Fsp3) is 0.571. The molecule has 1 aromatic carbocycles. The van der Waals surface area contributed by atoms with E-state index in [1.807, 2.05) is 0 Å². The molecule has 0 N–H and O–H groups in total. The summed E-state index contributed by atoms with van der Waals surface area (Å²) >= 11 is 0. The van der Waals surface area contributed by atoms with Crippen LogP contribution in [0.15, 0.2) is 24.3 Å². The van der Waals surface area contributed by atoms with Crippen molar-refractivity contribution in [2.24, 2.45) is 0 Å². The first-order valence-electron chi connectivity index (χ1n) is 7.44. The van der Waals surface area contributed by atoms with E-state index in [-0.39, 0.29) is 18.9 Å². The molecule has 1 aliphatic rings. The zero-order valence-electron chi connectivity index (χ0n) is 13.4. The lowest BCUT2D eigenvalue weighted by Gasteiger charge is -2.25. The van der Waals surface area contributed by atoms with Crippen LogP contribution in [0.4, 0.5) is 5.69 Å². The normalized spacial score (nSPS) is 22.4. The highest BCUT2D eigenvalue weighted by Gasteiger charge is 2.47. The lowest BCUT2D eigenvalue weighted by Crippen LogP contribution is -2.25. The molecule has 23 heavy (non-hydrogen) atoms. The highest BCUT2D eigenvalue weighted by atomic mass is 31.2. The lowest BCUT2D eigenvalue weighted by molar-refractivity contribution is -0.386. The summed E-state index contributed by atoms with van der Waals surface area (Å²) in [7, 11) is -1.76. The Morgan fingerprint density at radius 3 is 2.52 bits per heavy atom. The minimum absolute atomic E-state index is 0.0193. The lowest BCUT2D eigenvalue weighted by atomic mass is 10.1. The van der Waals surface area contributed by atoms with E-state index in [0.717, 1.165) is 0 Å². The first-order valence-corrected chi connectivity index (χ1v) is 9.05. The number of nitro groups is 1. The van der Waals surface area contributed by atoms with Crippen molar-refractivity contribution < 1.29 is 23.4 Å². The van der Waals surface area contributed by atoms with Gasteiger partial charge in [-0.2, -0.15) is 5.06 Å². The van der Waals surface area contributed by atoms with Crippen molar-refractivity contribution >= 4 is 13.3 Å². The second-order valence-electron chi connectivity index (χ2n) is 5.05. The third-order valence-electron chi connectivity index (χ3n) is 3.60. The van der Waals surface area contributed by atoms with Gasteiger partial charge in [0.25, 0.3) is 5.69 Å². The van der Waals surface area contributed by atoms with Crippen molar-refractivity contribution in [2.45, 2.75) is 32.2 Å². The highest BCUT2D eigenvalue weighted by molar-refractivity contribution is 7.54. The van der Waals surface area contributed by atoms with Gasteiger partial charge < -0.3 is 9.05 Å². The maximum absolute atomic E-state index is 12.9. The van der Waals surface area contributed by atoms with Gasteiger partial charge in [0.2, 0.25) is 0 Å². The Morgan fingerprint density at radius 2 is 1.96 bits per heavy atom. The van der Waals surface area contributed by atoms with Crippen LogP contribution < -0.4 is 0 Å². The zero-order valence-corrected chi connectivity index (χ0v) is 14.3. The molecule has 0 amide bonds. The maximum atomic E-state index is 12.9. The van der Waals surface area contributed by atoms with Crippen LogP contribution in [0.1, 0.15) is 31.9 Å². The van der Waals surface area contributed by atoms with Gasteiger partial charge in [-0.05, 0) is 19.9 Å². The molecule has 2 rings (SSSR count). The predicted molar refractivity (Wildman–Crippen MR) is 83.9 cm³/mol. The molecule has 1 heterocycles. The Labute approximate surface area is 135 Å². The van der Waals surface area contributed by atoms with Crippen LogP contribution in [-0.4, -0.2) is 36.0 Å². The summed E-state index contributed by atoms with van der Waals surface area (Å²) in [4.78, 5) is 16.4. The van der Waals surface area contributed by atoms with Crippen LogP contribution >= 0.6 is 7.60 Å². The van der Waals surface area contributed by atoms with E-state index in [1.165, 1.54) is 11.1 Å². The number of hydrogen-bond acceptors (Lipinski definition) is 7.